The molecule has 2 aromatic carbocycles. The van der Waals surface area contributed by atoms with Crippen molar-refractivity contribution in [1.29, 1.82) is 0 Å². The van der Waals surface area contributed by atoms with Gasteiger partial charge < -0.3 is 16.0 Å². The van der Waals surface area contributed by atoms with E-state index in [-0.39, 0.29) is 11.8 Å². The van der Waals surface area contributed by atoms with Crippen molar-refractivity contribution in [2.45, 2.75) is 16.2 Å². The molecule has 0 saturated carbocycles. The monoisotopic (exact) mass is 430 g/mol. The molecule has 0 fully saturated rings. The van der Waals surface area contributed by atoms with Crippen molar-refractivity contribution in [2.24, 2.45) is 0 Å². The van der Waals surface area contributed by atoms with Gasteiger partial charge in [0.2, 0.25) is 5.95 Å². The average molecular weight is 431 g/mol. The summed E-state index contributed by atoms with van der Waals surface area (Å²) in [7, 11) is 0. The van der Waals surface area contributed by atoms with Gasteiger partial charge in [0.05, 0.1) is 0 Å². The van der Waals surface area contributed by atoms with E-state index in [0.29, 0.717) is 22.2 Å². The number of nitrogen functional groups attached to an aromatic ring is 1. The molecule has 0 saturated heterocycles. The van der Waals surface area contributed by atoms with E-state index >= 15 is 0 Å². The van der Waals surface area contributed by atoms with E-state index in [1.54, 1.807) is 18.5 Å². The summed E-state index contributed by atoms with van der Waals surface area (Å²) in [5, 5.41) is 3.15. The quantitative estimate of drug-likeness (QED) is 0.451. The molecule has 0 spiro atoms. The van der Waals surface area contributed by atoms with Gasteiger partial charge in [0.15, 0.2) is 0 Å². The minimum atomic E-state index is -0.317. The fraction of sp³-hybridized carbons (Fsp3) is 0.0870. The average Bonchev–Trinajstić information content (AvgIpc) is 3.20. The van der Waals surface area contributed by atoms with Gasteiger partial charge in [0, 0.05) is 46.2 Å². The number of pyridine rings is 1. The number of hydrogen-bond donors (Lipinski definition) is 2. The summed E-state index contributed by atoms with van der Waals surface area (Å²) < 4.78 is 14.7. The third-order valence-electron chi connectivity index (χ3n) is 4.98. The Morgan fingerprint density at radius 2 is 1.84 bits per heavy atom. The predicted octanol–water partition coefficient (Wildman–Crippen LogP) is 5.18. The summed E-state index contributed by atoms with van der Waals surface area (Å²) in [6.07, 6.45) is 4.32. The van der Waals surface area contributed by atoms with Crippen LogP contribution < -0.4 is 16.0 Å². The SMILES string of the molecule is Nc1nc(Nc2ccc(Sc3ccncc3)c(F)c2)cc(N2CCc3ccccc32)n1. The Bertz CT molecular complexity index is 1230. The van der Waals surface area contributed by atoms with Gasteiger partial charge in [-0.15, -0.1) is 0 Å². The summed E-state index contributed by atoms with van der Waals surface area (Å²) in [6, 6.07) is 18.8. The minimum Gasteiger partial charge on any atom is -0.368 e. The first kappa shape index (κ1) is 19.3. The number of hydrogen-bond acceptors (Lipinski definition) is 7. The summed E-state index contributed by atoms with van der Waals surface area (Å²) in [4.78, 5) is 16.2. The Balaban J connectivity index is 1.38. The molecule has 1 aliphatic heterocycles. The smallest absolute Gasteiger partial charge is 0.223 e. The molecule has 5 rings (SSSR count). The van der Waals surface area contributed by atoms with Gasteiger partial charge >= 0.3 is 0 Å². The molecule has 3 N–H and O–H groups in total. The first-order chi connectivity index (χ1) is 15.2. The highest BCUT2D eigenvalue weighted by Gasteiger charge is 2.21. The molecule has 31 heavy (non-hydrogen) atoms. The molecule has 0 amide bonds. The Morgan fingerprint density at radius 3 is 2.68 bits per heavy atom. The highest BCUT2D eigenvalue weighted by atomic mass is 32.2. The second kappa shape index (κ2) is 8.23. The number of aromatic nitrogens is 3. The zero-order chi connectivity index (χ0) is 21.2. The molecule has 0 atom stereocenters. The summed E-state index contributed by atoms with van der Waals surface area (Å²) in [5.74, 6) is 1.07. The number of anilines is 5. The Morgan fingerprint density at radius 1 is 1.00 bits per heavy atom. The maximum absolute atomic E-state index is 14.7. The number of halogens is 1. The highest BCUT2D eigenvalue weighted by molar-refractivity contribution is 7.99. The van der Waals surface area contributed by atoms with Gasteiger partial charge in [-0.3, -0.25) is 4.98 Å². The van der Waals surface area contributed by atoms with Crippen molar-refractivity contribution in [3.8, 4) is 0 Å². The van der Waals surface area contributed by atoms with Crippen molar-refractivity contribution in [2.75, 3.05) is 22.5 Å². The van der Waals surface area contributed by atoms with Crippen LogP contribution in [0.2, 0.25) is 0 Å². The van der Waals surface area contributed by atoms with Crippen molar-refractivity contribution >= 4 is 40.7 Å². The van der Waals surface area contributed by atoms with Gasteiger partial charge in [-0.2, -0.15) is 9.97 Å². The molecule has 0 bridgehead atoms. The first-order valence-electron chi connectivity index (χ1n) is 9.80. The lowest BCUT2D eigenvalue weighted by Gasteiger charge is -2.19. The van der Waals surface area contributed by atoms with Gasteiger partial charge in [-0.1, -0.05) is 30.0 Å². The van der Waals surface area contributed by atoms with Crippen LogP contribution >= 0.6 is 11.8 Å². The normalized spacial score (nSPS) is 12.6. The fourth-order valence-electron chi connectivity index (χ4n) is 3.57. The molecule has 0 unspecified atom stereocenters. The van der Waals surface area contributed by atoms with Gasteiger partial charge in [0.25, 0.3) is 0 Å². The third-order valence-corrected chi connectivity index (χ3v) is 6.03. The van der Waals surface area contributed by atoms with E-state index < -0.39 is 0 Å². The number of nitrogens with zero attached hydrogens (tertiary/aromatic N) is 4. The molecule has 4 aromatic rings. The van der Waals surface area contributed by atoms with E-state index in [2.05, 4.69) is 37.3 Å². The number of fused-ring (bicyclic) bond motifs is 1. The van der Waals surface area contributed by atoms with Crippen LogP contribution in [0.15, 0.2) is 82.8 Å². The maximum Gasteiger partial charge on any atom is 0.223 e. The lowest BCUT2D eigenvalue weighted by atomic mass is 10.2. The van der Waals surface area contributed by atoms with Crippen LogP contribution in [0.4, 0.5) is 33.3 Å². The predicted molar refractivity (Wildman–Crippen MR) is 122 cm³/mol. The van der Waals surface area contributed by atoms with E-state index in [4.69, 9.17) is 5.73 Å². The van der Waals surface area contributed by atoms with Crippen molar-refractivity contribution in [1.82, 2.24) is 15.0 Å². The number of benzene rings is 2. The topological polar surface area (TPSA) is 80.0 Å². The van der Waals surface area contributed by atoms with E-state index in [0.717, 1.165) is 23.5 Å². The molecular weight excluding hydrogens is 411 g/mol. The summed E-state index contributed by atoms with van der Waals surface area (Å²) >= 11 is 1.35. The molecule has 8 heteroatoms. The number of nitrogens with two attached hydrogens (primary N) is 1. The largest absolute Gasteiger partial charge is 0.368 e. The number of nitrogens with one attached hydrogen (secondary N) is 1. The van der Waals surface area contributed by atoms with Crippen LogP contribution in [0.25, 0.3) is 0 Å². The second-order valence-corrected chi connectivity index (χ2v) is 8.17. The molecule has 1 aliphatic rings. The van der Waals surface area contributed by atoms with Crippen LogP contribution in [0, 0.1) is 5.82 Å². The lowest BCUT2D eigenvalue weighted by molar-refractivity contribution is 0.602. The molecule has 0 radical (unpaired) electrons. The molecule has 3 heterocycles. The number of rotatable bonds is 5. The standard InChI is InChI=1S/C23H19FN6S/c24-18-13-16(5-6-20(18)31-17-7-10-26-11-8-17)27-21-14-22(29-23(25)28-21)30-12-9-15-3-1-2-4-19(15)30/h1-8,10-11,13-14H,9,12H2,(H3,25,27,28,29). The van der Waals surface area contributed by atoms with Crippen LogP contribution in [0.5, 0.6) is 0 Å². The lowest BCUT2D eigenvalue weighted by Crippen LogP contribution is -2.16. The van der Waals surface area contributed by atoms with Gasteiger partial charge in [-0.25, -0.2) is 4.39 Å². The summed E-state index contributed by atoms with van der Waals surface area (Å²) in [5.41, 5.74) is 8.95. The molecule has 2 aromatic heterocycles. The molecular formula is C23H19FN6S. The van der Waals surface area contributed by atoms with Gasteiger partial charge in [0.1, 0.15) is 17.5 Å². The van der Waals surface area contributed by atoms with Crippen molar-refractivity contribution < 1.29 is 4.39 Å². The van der Waals surface area contributed by atoms with Crippen LogP contribution in [-0.4, -0.2) is 21.5 Å². The van der Waals surface area contributed by atoms with Crippen molar-refractivity contribution in [3.05, 3.63) is 84.4 Å². The Hall–Kier alpha value is -3.65. The highest BCUT2D eigenvalue weighted by Crippen LogP contribution is 2.35. The van der Waals surface area contributed by atoms with Crippen molar-refractivity contribution in [3.63, 3.8) is 0 Å². The zero-order valence-corrected chi connectivity index (χ0v) is 17.3. The summed E-state index contributed by atoms with van der Waals surface area (Å²) in [6.45, 7) is 0.824. The molecule has 6 nitrogen and oxygen atoms in total. The van der Waals surface area contributed by atoms with Crippen LogP contribution in [-0.2, 0) is 6.42 Å². The Kier molecular flexibility index (Phi) is 5.13. The second-order valence-electron chi connectivity index (χ2n) is 7.06. The number of para-hydroxylation sites is 1. The maximum atomic E-state index is 14.7. The molecule has 154 valence electrons. The van der Waals surface area contributed by atoms with E-state index in [1.807, 2.05) is 36.4 Å². The van der Waals surface area contributed by atoms with Gasteiger partial charge in [-0.05, 0) is 48.4 Å². The zero-order valence-electron chi connectivity index (χ0n) is 16.5. The van der Waals surface area contributed by atoms with Crippen LogP contribution in [0.3, 0.4) is 0 Å². The first-order valence-corrected chi connectivity index (χ1v) is 10.6. The fourth-order valence-corrected chi connectivity index (χ4v) is 4.38. The van der Waals surface area contributed by atoms with E-state index in [1.165, 1.54) is 23.4 Å². The van der Waals surface area contributed by atoms with Crippen LogP contribution in [0.1, 0.15) is 5.56 Å². The Labute approximate surface area is 183 Å². The minimum absolute atomic E-state index is 0.162. The third kappa shape index (κ3) is 4.15. The molecule has 0 aliphatic carbocycles. The van der Waals surface area contributed by atoms with E-state index in [9.17, 15) is 4.39 Å².